The third kappa shape index (κ3) is 3.61. The van der Waals surface area contributed by atoms with Crippen molar-refractivity contribution in [2.45, 2.75) is 38.0 Å². The molecule has 0 radical (unpaired) electrons. The molecule has 0 aromatic heterocycles. The van der Waals surface area contributed by atoms with Crippen molar-refractivity contribution in [3.05, 3.63) is 0 Å². The van der Waals surface area contributed by atoms with Gasteiger partial charge < -0.3 is 20.9 Å². The Balaban J connectivity index is 2.33. The van der Waals surface area contributed by atoms with Crippen LogP contribution in [0.4, 0.5) is 0 Å². The fraction of sp³-hybridized carbons (Fsp3) is 0.889. The lowest BCUT2D eigenvalue weighted by molar-refractivity contribution is -0.123. The number of nitrogens with one attached hydrogen (secondary N) is 1. The molecule has 0 aromatic rings. The van der Waals surface area contributed by atoms with Crippen molar-refractivity contribution in [2.24, 2.45) is 5.73 Å². The van der Waals surface area contributed by atoms with Gasteiger partial charge in [0, 0.05) is 12.0 Å². The van der Waals surface area contributed by atoms with Gasteiger partial charge in [-0.2, -0.15) is 0 Å². The van der Waals surface area contributed by atoms with Gasteiger partial charge in [0.15, 0.2) is 0 Å². The Bertz CT molecular complexity index is 213. The van der Waals surface area contributed by atoms with Crippen LogP contribution in [0.1, 0.15) is 20.3 Å². The van der Waals surface area contributed by atoms with Crippen LogP contribution in [0.15, 0.2) is 0 Å². The molecular formula is C9H18N2O3. The molecule has 5 heteroatoms. The van der Waals surface area contributed by atoms with Crippen molar-refractivity contribution >= 4 is 5.91 Å². The number of rotatable bonds is 3. The summed E-state index contributed by atoms with van der Waals surface area (Å²) in [5.74, 6) is -0.146. The molecule has 2 atom stereocenters. The maximum atomic E-state index is 11.4. The Hall–Kier alpha value is -0.650. The Morgan fingerprint density at radius 3 is 2.71 bits per heavy atom. The normalized spacial score (nSPS) is 27.7. The van der Waals surface area contributed by atoms with E-state index in [1.165, 1.54) is 0 Å². The molecule has 0 aliphatic carbocycles. The largest absolute Gasteiger partial charge is 0.388 e. The summed E-state index contributed by atoms with van der Waals surface area (Å²) >= 11 is 0. The van der Waals surface area contributed by atoms with E-state index in [4.69, 9.17) is 10.5 Å². The molecule has 1 amide bonds. The predicted molar refractivity (Wildman–Crippen MR) is 51.6 cm³/mol. The lowest BCUT2D eigenvalue weighted by Crippen LogP contribution is -2.46. The fourth-order valence-electron chi connectivity index (χ4n) is 1.35. The van der Waals surface area contributed by atoms with Gasteiger partial charge in [0.05, 0.1) is 25.4 Å². The number of nitrogens with two attached hydrogens (primary N) is 1. The zero-order valence-electron chi connectivity index (χ0n) is 8.62. The first-order valence-electron chi connectivity index (χ1n) is 4.72. The zero-order valence-corrected chi connectivity index (χ0v) is 8.62. The average molecular weight is 202 g/mol. The van der Waals surface area contributed by atoms with Crippen molar-refractivity contribution in [1.82, 2.24) is 5.32 Å². The van der Waals surface area contributed by atoms with Gasteiger partial charge in [-0.25, -0.2) is 0 Å². The summed E-state index contributed by atoms with van der Waals surface area (Å²) in [5, 5.41) is 12.1. The minimum absolute atomic E-state index is 0.146. The molecule has 1 rings (SSSR count). The maximum Gasteiger partial charge on any atom is 0.222 e. The average Bonchev–Trinajstić information content (AvgIpc) is 2.32. The highest BCUT2D eigenvalue weighted by Crippen LogP contribution is 2.07. The summed E-state index contributed by atoms with van der Waals surface area (Å²) in [6, 6.07) is -0.287. The van der Waals surface area contributed by atoms with E-state index < -0.39 is 11.6 Å². The van der Waals surface area contributed by atoms with Gasteiger partial charge in [0.2, 0.25) is 5.91 Å². The van der Waals surface area contributed by atoms with E-state index in [1.807, 2.05) is 0 Å². The lowest BCUT2D eigenvalue weighted by atomic mass is 10.0. The first-order chi connectivity index (χ1) is 6.38. The van der Waals surface area contributed by atoms with Crippen LogP contribution in [0.3, 0.4) is 0 Å². The Morgan fingerprint density at radius 2 is 2.29 bits per heavy atom. The molecule has 5 nitrogen and oxygen atoms in total. The van der Waals surface area contributed by atoms with E-state index in [0.29, 0.717) is 6.61 Å². The number of aliphatic hydroxyl groups is 1. The van der Waals surface area contributed by atoms with Gasteiger partial charge in [0.25, 0.3) is 0 Å². The maximum absolute atomic E-state index is 11.4. The molecule has 1 fully saturated rings. The van der Waals surface area contributed by atoms with E-state index in [1.54, 1.807) is 13.8 Å². The molecule has 1 heterocycles. The number of carbonyl (C=O) groups is 1. The van der Waals surface area contributed by atoms with Crippen LogP contribution in [-0.2, 0) is 9.53 Å². The monoisotopic (exact) mass is 202 g/mol. The number of aliphatic hydroxyl groups excluding tert-OH is 1. The van der Waals surface area contributed by atoms with Crippen LogP contribution < -0.4 is 11.1 Å². The molecule has 1 saturated heterocycles. The minimum atomic E-state index is -0.597. The number of hydrogen-bond acceptors (Lipinski definition) is 4. The predicted octanol–water partition coefficient (Wildman–Crippen LogP) is -1.01. The van der Waals surface area contributed by atoms with Crippen molar-refractivity contribution in [3.8, 4) is 0 Å². The zero-order chi connectivity index (χ0) is 10.8. The summed E-state index contributed by atoms with van der Waals surface area (Å²) in [4.78, 5) is 11.4. The first kappa shape index (κ1) is 11.4. The second kappa shape index (κ2) is 4.25. The molecule has 0 saturated carbocycles. The van der Waals surface area contributed by atoms with Crippen LogP contribution in [0.5, 0.6) is 0 Å². The van der Waals surface area contributed by atoms with Crippen LogP contribution in [-0.4, -0.2) is 41.9 Å². The molecule has 0 spiro atoms. The van der Waals surface area contributed by atoms with E-state index in [2.05, 4.69) is 5.32 Å². The van der Waals surface area contributed by atoms with E-state index in [0.717, 1.165) is 0 Å². The lowest BCUT2D eigenvalue weighted by Gasteiger charge is -2.20. The molecule has 2 unspecified atom stereocenters. The smallest absolute Gasteiger partial charge is 0.222 e. The van der Waals surface area contributed by atoms with Crippen molar-refractivity contribution < 1.29 is 14.6 Å². The first-order valence-corrected chi connectivity index (χ1v) is 4.72. The number of amides is 1. The van der Waals surface area contributed by atoms with Gasteiger partial charge in [0.1, 0.15) is 0 Å². The Labute approximate surface area is 83.6 Å². The second-order valence-electron chi connectivity index (χ2n) is 4.44. The van der Waals surface area contributed by atoms with Crippen molar-refractivity contribution in [2.75, 3.05) is 13.2 Å². The molecule has 4 N–H and O–H groups in total. The Kier molecular flexibility index (Phi) is 3.47. The summed E-state index contributed by atoms with van der Waals surface area (Å²) in [6.45, 7) is 4.23. The van der Waals surface area contributed by atoms with Gasteiger partial charge in [-0.3, -0.25) is 4.79 Å². The highest BCUT2D eigenvalue weighted by atomic mass is 16.5. The molecule has 1 aliphatic rings. The van der Waals surface area contributed by atoms with Crippen LogP contribution in [0, 0.1) is 0 Å². The standard InChI is InChI=1S/C9H18N2O3/c1-9(2,10)3-8(13)11-6-4-14-5-7(6)12/h6-7,12H,3-5,10H2,1-2H3,(H,11,13). The van der Waals surface area contributed by atoms with Crippen LogP contribution in [0.2, 0.25) is 0 Å². The van der Waals surface area contributed by atoms with E-state index in [-0.39, 0.29) is 25.0 Å². The SMILES string of the molecule is CC(C)(N)CC(=O)NC1COCC1O. The number of ether oxygens (including phenoxy) is 1. The number of carbonyl (C=O) groups excluding carboxylic acids is 1. The van der Waals surface area contributed by atoms with Crippen molar-refractivity contribution in [3.63, 3.8) is 0 Å². The van der Waals surface area contributed by atoms with Gasteiger partial charge >= 0.3 is 0 Å². The van der Waals surface area contributed by atoms with Crippen LogP contribution in [0.25, 0.3) is 0 Å². The number of hydrogen-bond donors (Lipinski definition) is 3. The second-order valence-corrected chi connectivity index (χ2v) is 4.44. The third-order valence-corrected chi connectivity index (χ3v) is 2.01. The van der Waals surface area contributed by atoms with E-state index >= 15 is 0 Å². The topological polar surface area (TPSA) is 84.6 Å². The highest BCUT2D eigenvalue weighted by Gasteiger charge is 2.28. The third-order valence-electron chi connectivity index (χ3n) is 2.01. The quantitative estimate of drug-likeness (QED) is 0.547. The van der Waals surface area contributed by atoms with Crippen molar-refractivity contribution in [1.29, 1.82) is 0 Å². The molecule has 14 heavy (non-hydrogen) atoms. The van der Waals surface area contributed by atoms with E-state index in [9.17, 15) is 9.90 Å². The molecule has 0 aromatic carbocycles. The highest BCUT2D eigenvalue weighted by molar-refractivity contribution is 5.77. The molecule has 82 valence electrons. The fourth-order valence-corrected chi connectivity index (χ4v) is 1.35. The van der Waals surface area contributed by atoms with Crippen LogP contribution >= 0.6 is 0 Å². The van der Waals surface area contributed by atoms with Gasteiger partial charge in [-0.15, -0.1) is 0 Å². The molecular weight excluding hydrogens is 184 g/mol. The summed E-state index contributed by atoms with van der Waals surface area (Å²) in [7, 11) is 0. The summed E-state index contributed by atoms with van der Waals surface area (Å²) < 4.78 is 5.00. The molecule has 0 bridgehead atoms. The summed E-state index contributed by atoms with van der Waals surface area (Å²) in [6.07, 6.45) is -0.351. The minimum Gasteiger partial charge on any atom is -0.388 e. The summed E-state index contributed by atoms with van der Waals surface area (Å²) in [5.41, 5.74) is 5.17. The molecule has 1 aliphatic heterocycles. The van der Waals surface area contributed by atoms with Gasteiger partial charge in [-0.05, 0) is 13.8 Å². The Morgan fingerprint density at radius 1 is 1.64 bits per heavy atom. The van der Waals surface area contributed by atoms with Gasteiger partial charge in [-0.1, -0.05) is 0 Å².